The summed E-state index contributed by atoms with van der Waals surface area (Å²) in [5.41, 5.74) is 8.09. The van der Waals surface area contributed by atoms with Crippen molar-refractivity contribution < 1.29 is 4.42 Å². The van der Waals surface area contributed by atoms with Crippen LogP contribution in [0.2, 0.25) is 0 Å². The highest BCUT2D eigenvalue weighted by molar-refractivity contribution is 5.62. The highest BCUT2D eigenvalue weighted by Gasteiger charge is 2.10. The van der Waals surface area contributed by atoms with Crippen LogP contribution in [0, 0.1) is 0 Å². The molecule has 0 bridgehead atoms. The largest absolute Gasteiger partial charge is 0.378 e. The molecule has 0 amide bonds. The summed E-state index contributed by atoms with van der Waals surface area (Å²) in [6, 6.07) is 29.5. The molecule has 0 aliphatic rings. The summed E-state index contributed by atoms with van der Waals surface area (Å²) in [5.74, 6) is 1.53. The molecular weight excluding hydrogens is 623 g/mol. The van der Waals surface area contributed by atoms with Crippen LogP contribution in [0.3, 0.4) is 0 Å². The molecule has 0 spiro atoms. The molecule has 0 saturated heterocycles. The number of hydrogen-bond acceptors (Lipinski definition) is 3. The summed E-state index contributed by atoms with van der Waals surface area (Å²) >= 11 is 0. The van der Waals surface area contributed by atoms with Gasteiger partial charge in [-0.1, -0.05) is 134 Å². The molecule has 4 aromatic rings. The van der Waals surface area contributed by atoms with Crippen molar-refractivity contribution in [3.05, 3.63) is 192 Å². The van der Waals surface area contributed by atoms with E-state index in [2.05, 4.69) is 118 Å². The molecule has 51 heavy (non-hydrogen) atoms. The van der Waals surface area contributed by atoms with Crippen molar-refractivity contribution in [1.82, 2.24) is 0 Å². The minimum absolute atomic E-state index is 0.764. The van der Waals surface area contributed by atoms with Gasteiger partial charge in [0.15, 0.2) is 0 Å². The quantitative estimate of drug-likeness (QED) is 0.0925. The standard InChI is InChI=1S/C47H50N3O/c1-48(2)43-31-25-39(26-32-43)19-13-7-8-16-22-42-37-46(23-17-11-9-14-20-40-27-33-44(34-28-40)49(3)4)51-47(38-42)24-18-12-10-15-21-41-29-35-45(36-30-41)50(5)6/h7-38H,1-6H3/q+1/b8-7+,11-9+,12-10+,19-13+,20-14+,21-15+,22-16+,23-17+,24-18+. The highest BCUT2D eigenvalue weighted by Crippen LogP contribution is 2.17. The predicted octanol–water partition coefficient (Wildman–Crippen LogP) is 11.6. The van der Waals surface area contributed by atoms with E-state index in [1.807, 2.05) is 133 Å². The Hall–Kier alpha value is -6.13. The Labute approximate surface area is 305 Å². The molecule has 0 atom stereocenters. The smallest absolute Gasteiger partial charge is 0.354 e. The van der Waals surface area contributed by atoms with Gasteiger partial charge in [0.05, 0.1) is 12.1 Å². The Morgan fingerprint density at radius 1 is 0.314 bits per heavy atom. The first-order valence-electron chi connectivity index (χ1n) is 17.1. The molecule has 4 nitrogen and oxygen atoms in total. The number of allylic oxidation sites excluding steroid dienone is 12. The molecule has 0 aliphatic heterocycles. The number of rotatable bonds is 15. The Morgan fingerprint density at radius 2 is 0.569 bits per heavy atom. The molecule has 0 aliphatic carbocycles. The van der Waals surface area contributed by atoms with Crippen molar-refractivity contribution >= 4 is 53.5 Å². The summed E-state index contributed by atoms with van der Waals surface area (Å²) in [5, 5.41) is 0. The molecule has 1 heterocycles. The van der Waals surface area contributed by atoms with Crippen LogP contribution in [0.1, 0.15) is 33.8 Å². The Kier molecular flexibility index (Phi) is 15.1. The van der Waals surface area contributed by atoms with Gasteiger partial charge in [-0.25, -0.2) is 4.42 Å². The third-order valence-corrected chi connectivity index (χ3v) is 7.76. The Bertz CT molecular complexity index is 1690. The zero-order valence-electron chi connectivity index (χ0n) is 30.7. The minimum Gasteiger partial charge on any atom is -0.378 e. The maximum absolute atomic E-state index is 6.20. The third kappa shape index (κ3) is 13.7. The van der Waals surface area contributed by atoms with E-state index < -0.39 is 0 Å². The molecule has 4 rings (SSSR count). The van der Waals surface area contributed by atoms with Gasteiger partial charge in [0, 0.05) is 71.5 Å². The van der Waals surface area contributed by atoms with Crippen LogP contribution in [0.5, 0.6) is 0 Å². The molecular formula is C47H50N3O+. The summed E-state index contributed by atoms with van der Waals surface area (Å²) < 4.78 is 6.20. The van der Waals surface area contributed by atoms with E-state index in [-0.39, 0.29) is 0 Å². The van der Waals surface area contributed by atoms with Gasteiger partial charge in [-0.05, 0) is 58.7 Å². The van der Waals surface area contributed by atoms with Gasteiger partial charge in [0.25, 0.3) is 0 Å². The van der Waals surface area contributed by atoms with Crippen molar-refractivity contribution in [1.29, 1.82) is 0 Å². The van der Waals surface area contributed by atoms with Crippen LogP contribution >= 0.6 is 0 Å². The molecule has 3 aromatic carbocycles. The van der Waals surface area contributed by atoms with Crippen LogP contribution in [0.4, 0.5) is 17.1 Å². The van der Waals surface area contributed by atoms with Crippen molar-refractivity contribution in [3.8, 4) is 0 Å². The average Bonchev–Trinajstić information content (AvgIpc) is 3.13. The second-order valence-corrected chi connectivity index (χ2v) is 12.5. The molecule has 0 radical (unpaired) electrons. The highest BCUT2D eigenvalue weighted by atomic mass is 16.3. The van der Waals surface area contributed by atoms with Crippen LogP contribution < -0.4 is 14.7 Å². The summed E-state index contributed by atoms with van der Waals surface area (Å²) in [6.45, 7) is 0. The van der Waals surface area contributed by atoms with E-state index >= 15 is 0 Å². The van der Waals surface area contributed by atoms with Crippen molar-refractivity contribution in [2.45, 2.75) is 0 Å². The Balaban J connectivity index is 1.42. The van der Waals surface area contributed by atoms with Gasteiger partial charge in [-0.2, -0.15) is 0 Å². The van der Waals surface area contributed by atoms with Crippen molar-refractivity contribution in [2.75, 3.05) is 57.0 Å². The maximum atomic E-state index is 6.20. The van der Waals surface area contributed by atoms with E-state index in [0.717, 1.165) is 33.8 Å². The second-order valence-electron chi connectivity index (χ2n) is 12.5. The van der Waals surface area contributed by atoms with Gasteiger partial charge in [-0.3, -0.25) is 0 Å². The topological polar surface area (TPSA) is 21.0 Å². The second kappa shape index (κ2) is 20.4. The first-order valence-corrected chi connectivity index (χ1v) is 17.1. The number of benzene rings is 3. The van der Waals surface area contributed by atoms with Crippen molar-refractivity contribution in [3.63, 3.8) is 0 Å². The average molecular weight is 673 g/mol. The molecule has 0 unspecified atom stereocenters. The van der Waals surface area contributed by atoms with E-state index in [1.165, 1.54) is 17.1 Å². The SMILES string of the molecule is CN(C)c1ccc(/C=C/C=C/C=C/c2cc(/C=C/C=C/C=C/c3ccc(N(C)C)cc3)[o+]c(/C=C/C=C/C=C/c3ccc(N(C)C)cc3)c2)cc1. The first kappa shape index (κ1) is 37.7. The Morgan fingerprint density at radius 3 is 0.843 bits per heavy atom. The zero-order chi connectivity index (χ0) is 36.3. The fourth-order valence-electron chi connectivity index (χ4n) is 4.83. The lowest BCUT2D eigenvalue weighted by atomic mass is 10.1. The van der Waals surface area contributed by atoms with Gasteiger partial charge in [0.2, 0.25) is 0 Å². The fourth-order valence-corrected chi connectivity index (χ4v) is 4.83. The zero-order valence-corrected chi connectivity index (χ0v) is 30.7. The molecule has 0 fully saturated rings. The van der Waals surface area contributed by atoms with Gasteiger partial charge >= 0.3 is 11.5 Å². The molecule has 258 valence electrons. The molecule has 4 heteroatoms. The van der Waals surface area contributed by atoms with Gasteiger partial charge in [0.1, 0.15) is 0 Å². The minimum atomic E-state index is 0.764. The maximum Gasteiger partial charge on any atom is 0.354 e. The molecule has 0 saturated carbocycles. The van der Waals surface area contributed by atoms with Crippen molar-refractivity contribution in [2.24, 2.45) is 0 Å². The fraction of sp³-hybridized carbons (Fsp3) is 0.128. The monoisotopic (exact) mass is 672 g/mol. The van der Waals surface area contributed by atoms with Gasteiger partial charge in [-0.15, -0.1) is 0 Å². The third-order valence-electron chi connectivity index (χ3n) is 7.76. The normalized spacial score (nSPS) is 12.6. The lowest BCUT2D eigenvalue weighted by molar-refractivity contribution is 0.529. The van der Waals surface area contributed by atoms with Gasteiger partial charge < -0.3 is 14.7 Å². The van der Waals surface area contributed by atoms with Crippen LogP contribution in [0.25, 0.3) is 36.5 Å². The molecule has 1 aromatic heterocycles. The lowest BCUT2D eigenvalue weighted by Gasteiger charge is -2.11. The van der Waals surface area contributed by atoms with E-state index in [0.29, 0.717) is 0 Å². The number of nitrogens with zero attached hydrogens (tertiary/aromatic N) is 3. The van der Waals surface area contributed by atoms with E-state index in [4.69, 9.17) is 4.42 Å². The number of anilines is 3. The summed E-state index contributed by atoms with van der Waals surface area (Å²) in [6.07, 6.45) is 36.6. The lowest BCUT2D eigenvalue weighted by Crippen LogP contribution is -2.07. The van der Waals surface area contributed by atoms with Crippen LogP contribution in [0.15, 0.2) is 162 Å². The summed E-state index contributed by atoms with van der Waals surface area (Å²) in [4.78, 5) is 6.29. The number of hydrogen-bond donors (Lipinski definition) is 0. The summed E-state index contributed by atoms with van der Waals surface area (Å²) in [7, 11) is 12.3. The van der Waals surface area contributed by atoms with E-state index in [9.17, 15) is 0 Å². The molecule has 0 N–H and O–H groups in total. The first-order chi connectivity index (χ1) is 24.8. The van der Waals surface area contributed by atoms with Crippen LogP contribution in [-0.4, -0.2) is 42.3 Å². The predicted molar refractivity (Wildman–Crippen MR) is 227 cm³/mol. The van der Waals surface area contributed by atoms with E-state index in [1.54, 1.807) is 0 Å². The van der Waals surface area contributed by atoms with Crippen LogP contribution in [-0.2, 0) is 0 Å².